The number of nitrogens with one attached hydrogen (secondary N) is 2. The van der Waals surface area contributed by atoms with Gasteiger partial charge in [0.25, 0.3) is 0 Å². The molecule has 0 unspecified atom stereocenters. The van der Waals surface area contributed by atoms with Crippen LogP contribution < -0.4 is 14.8 Å². The zero-order valence-corrected chi connectivity index (χ0v) is 14.2. The number of alkyl halides is 1. The van der Waals surface area contributed by atoms with Crippen molar-refractivity contribution in [3.63, 3.8) is 0 Å². The lowest BCUT2D eigenvalue weighted by molar-refractivity contribution is -0.132. The summed E-state index contributed by atoms with van der Waals surface area (Å²) in [6.07, 6.45) is 2.23. The molecule has 0 radical (unpaired) electrons. The molecule has 0 atom stereocenters. The summed E-state index contributed by atoms with van der Waals surface area (Å²) < 4.78 is 10.5. The van der Waals surface area contributed by atoms with Crippen molar-refractivity contribution in [1.29, 1.82) is 0 Å². The lowest BCUT2D eigenvalue weighted by Crippen LogP contribution is -2.01. The Morgan fingerprint density at radius 3 is 3.00 bits per heavy atom. The molecular formula is C16H16ClN5O3. The Balaban J connectivity index is 1.79. The van der Waals surface area contributed by atoms with Crippen LogP contribution in [0.15, 0.2) is 30.6 Å². The van der Waals surface area contributed by atoms with E-state index < -0.39 is 5.97 Å². The molecule has 0 saturated heterocycles. The minimum atomic E-state index is -0.426. The molecule has 3 rings (SSSR count). The van der Waals surface area contributed by atoms with E-state index in [0.29, 0.717) is 24.1 Å². The molecule has 9 heteroatoms. The average Bonchev–Trinajstić information content (AvgIpc) is 3.01. The normalized spacial score (nSPS) is 10.6. The van der Waals surface area contributed by atoms with Crippen LogP contribution >= 0.6 is 11.6 Å². The van der Waals surface area contributed by atoms with Crippen LogP contribution in [0.4, 0.5) is 11.6 Å². The average molecular weight is 362 g/mol. The van der Waals surface area contributed by atoms with Gasteiger partial charge in [-0.25, -0.2) is 15.1 Å². The predicted molar refractivity (Wildman–Crippen MR) is 93.5 cm³/mol. The number of halogens is 1. The maximum atomic E-state index is 11.0. The summed E-state index contributed by atoms with van der Waals surface area (Å²) in [5.74, 6) is 2.16. The van der Waals surface area contributed by atoms with Gasteiger partial charge in [0.2, 0.25) is 5.88 Å². The van der Waals surface area contributed by atoms with Crippen molar-refractivity contribution in [3.05, 3.63) is 30.6 Å². The van der Waals surface area contributed by atoms with Gasteiger partial charge in [-0.2, -0.15) is 5.10 Å². The van der Waals surface area contributed by atoms with Crippen LogP contribution in [0.25, 0.3) is 10.9 Å². The van der Waals surface area contributed by atoms with Gasteiger partial charge < -0.3 is 14.8 Å². The summed E-state index contributed by atoms with van der Waals surface area (Å²) in [5.41, 5.74) is 0.733. The molecule has 0 amide bonds. The quantitative estimate of drug-likeness (QED) is 0.379. The van der Waals surface area contributed by atoms with E-state index in [9.17, 15) is 4.79 Å². The molecule has 3 aromatic rings. The zero-order chi connectivity index (χ0) is 17.6. The van der Waals surface area contributed by atoms with E-state index in [1.165, 1.54) is 13.3 Å². The zero-order valence-electron chi connectivity index (χ0n) is 13.5. The largest absolute Gasteiger partial charge is 0.493 e. The monoisotopic (exact) mass is 361 g/mol. The fourth-order valence-corrected chi connectivity index (χ4v) is 2.28. The summed E-state index contributed by atoms with van der Waals surface area (Å²) in [4.78, 5) is 19.4. The first-order chi connectivity index (χ1) is 12.2. The molecule has 130 valence electrons. The number of fused-ring (bicyclic) bond motifs is 1. The summed E-state index contributed by atoms with van der Waals surface area (Å²) in [7, 11) is 0. The van der Waals surface area contributed by atoms with Crippen LogP contribution in [0.5, 0.6) is 11.6 Å². The fourth-order valence-electron chi connectivity index (χ4n) is 2.17. The Hall–Kier alpha value is -2.87. The Kier molecular flexibility index (Phi) is 5.30. The highest BCUT2D eigenvalue weighted by atomic mass is 35.5. The van der Waals surface area contributed by atoms with Gasteiger partial charge >= 0.3 is 5.97 Å². The van der Waals surface area contributed by atoms with Crippen LogP contribution in [-0.4, -0.2) is 38.6 Å². The van der Waals surface area contributed by atoms with Gasteiger partial charge in [0.15, 0.2) is 5.82 Å². The predicted octanol–water partition coefficient (Wildman–Crippen LogP) is 3.03. The van der Waals surface area contributed by atoms with Crippen LogP contribution in [0, 0.1) is 0 Å². The first-order valence-electron chi connectivity index (χ1n) is 7.60. The van der Waals surface area contributed by atoms with Crippen LogP contribution in [0.3, 0.4) is 0 Å². The Morgan fingerprint density at radius 1 is 1.32 bits per heavy atom. The molecule has 1 aromatic carbocycles. The molecule has 0 aliphatic carbocycles. The maximum absolute atomic E-state index is 11.0. The number of rotatable bonds is 7. The number of hydrogen-bond donors (Lipinski definition) is 2. The van der Waals surface area contributed by atoms with Crippen LogP contribution in [0.1, 0.15) is 13.3 Å². The van der Waals surface area contributed by atoms with E-state index in [4.69, 9.17) is 21.1 Å². The van der Waals surface area contributed by atoms with Crippen molar-refractivity contribution in [3.8, 4) is 11.6 Å². The van der Waals surface area contributed by atoms with Gasteiger partial charge in [-0.05, 0) is 18.6 Å². The minimum absolute atomic E-state index is 0.253. The van der Waals surface area contributed by atoms with Crippen molar-refractivity contribution in [2.75, 3.05) is 17.8 Å². The van der Waals surface area contributed by atoms with E-state index in [2.05, 4.69) is 25.5 Å². The highest BCUT2D eigenvalue weighted by Crippen LogP contribution is 2.26. The standard InChI is InChI=1S/C16H16ClN5O3/c1-10(23)25-15-8-14(21-22-15)20-16-12-4-3-11(24-6-2-5-17)7-13(12)18-9-19-16/h3-4,7-9H,2,5-6H2,1H3,(H2,18,19,20,21,22). The number of anilines is 2. The number of carbonyl (C=O) groups excluding carboxylic acids is 1. The van der Waals surface area contributed by atoms with Crippen molar-refractivity contribution >= 4 is 40.1 Å². The third kappa shape index (κ3) is 4.36. The van der Waals surface area contributed by atoms with Gasteiger partial charge in [-0.1, -0.05) is 0 Å². The molecule has 0 bridgehead atoms. The van der Waals surface area contributed by atoms with E-state index in [1.54, 1.807) is 6.07 Å². The van der Waals surface area contributed by atoms with Gasteiger partial charge in [-0.15, -0.1) is 11.6 Å². The Morgan fingerprint density at radius 2 is 2.20 bits per heavy atom. The van der Waals surface area contributed by atoms with Crippen molar-refractivity contribution in [2.45, 2.75) is 13.3 Å². The topological polar surface area (TPSA) is 102 Å². The third-order valence-corrected chi connectivity index (χ3v) is 3.48. The highest BCUT2D eigenvalue weighted by molar-refractivity contribution is 6.17. The molecule has 0 saturated carbocycles. The summed E-state index contributed by atoms with van der Waals surface area (Å²) in [5, 5.41) is 10.5. The van der Waals surface area contributed by atoms with E-state index in [-0.39, 0.29) is 5.88 Å². The second-order valence-corrected chi connectivity index (χ2v) is 5.51. The highest BCUT2D eigenvalue weighted by Gasteiger charge is 2.09. The van der Waals surface area contributed by atoms with E-state index >= 15 is 0 Å². The second-order valence-electron chi connectivity index (χ2n) is 5.13. The van der Waals surface area contributed by atoms with Crippen molar-refractivity contribution in [2.24, 2.45) is 0 Å². The van der Waals surface area contributed by atoms with Crippen molar-refractivity contribution in [1.82, 2.24) is 20.2 Å². The number of ether oxygens (including phenoxy) is 2. The molecule has 0 aliphatic rings. The first-order valence-corrected chi connectivity index (χ1v) is 8.13. The lowest BCUT2D eigenvalue weighted by Gasteiger charge is -2.08. The molecule has 0 aliphatic heterocycles. The lowest BCUT2D eigenvalue weighted by atomic mass is 10.2. The summed E-state index contributed by atoms with van der Waals surface area (Å²) in [6.45, 7) is 1.87. The number of aromatic amines is 1. The summed E-state index contributed by atoms with van der Waals surface area (Å²) >= 11 is 5.65. The number of hydrogen-bond acceptors (Lipinski definition) is 7. The number of carbonyl (C=O) groups is 1. The molecule has 8 nitrogen and oxygen atoms in total. The number of nitrogens with zero attached hydrogens (tertiary/aromatic N) is 3. The Bertz CT molecular complexity index is 883. The minimum Gasteiger partial charge on any atom is -0.493 e. The van der Waals surface area contributed by atoms with Crippen LogP contribution in [-0.2, 0) is 4.79 Å². The number of esters is 1. The van der Waals surface area contributed by atoms with E-state index in [0.717, 1.165) is 23.1 Å². The Labute approximate surface area is 148 Å². The number of H-pyrrole nitrogens is 1. The fraction of sp³-hybridized carbons (Fsp3) is 0.250. The molecule has 0 spiro atoms. The van der Waals surface area contributed by atoms with Crippen LogP contribution in [0.2, 0.25) is 0 Å². The number of aromatic nitrogens is 4. The van der Waals surface area contributed by atoms with Gasteiger partial charge in [0.1, 0.15) is 17.9 Å². The molecule has 2 aromatic heterocycles. The maximum Gasteiger partial charge on any atom is 0.309 e. The van der Waals surface area contributed by atoms with Crippen molar-refractivity contribution < 1.29 is 14.3 Å². The number of benzene rings is 1. The first kappa shape index (κ1) is 17.0. The second kappa shape index (κ2) is 7.80. The molecule has 2 heterocycles. The summed E-state index contributed by atoms with van der Waals surface area (Å²) in [6, 6.07) is 7.12. The smallest absolute Gasteiger partial charge is 0.309 e. The van der Waals surface area contributed by atoms with Gasteiger partial charge in [0, 0.05) is 30.3 Å². The van der Waals surface area contributed by atoms with Gasteiger partial charge in [-0.3, -0.25) is 4.79 Å². The van der Waals surface area contributed by atoms with E-state index in [1.807, 2.05) is 18.2 Å². The third-order valence-electron chi connectivity index (χ3n) is 3.21. The molecular weight excluding hydrogens is 346 g/mol. The SMILES string of the molecule is CC(=O)Oc1cc(Nc2ncnc3cc(OCCCCl)ccc23)n[nH]1. The molecule has 0 fully saturated rings. The molecule has 25 heavy (non-hydrogen) atoms. The van der Waals surface area contributed by atoms with Gasteiger partial charge in [0.05, 0.1) is 12.1 Å². The molecule has 2 N–H and O–H groups in total.